The minimum Gasteiger partial charge on any atom is -0.380 e. The molecule has 2 aromatic rings. The van der Waals surface area contributed by atoms with Crippen molar-refractivity contribution < 1.29 is 21.9 Å². The molecule has 0 aromatic heterocycles. The predicted octanol–water partition coefficient (Wildman–Crippen LogP) is 3.21. The average molecular weight is 382 g/mol. The number of methoxy groups -OCH3 is 1. The second-order valence-electron chi connectivity index (χ2n) is 6.23. The number of nitrogens with one attached hydrogen (secondary N) is 1. The van der Waals surface area contributed by atoms with Gasteiger partial charge in [-0.1, -0.05) is 18.2 Å². The lowest BCUT2D eigenvalue weighted by molar-refractivity contribution is 0.0873. The fraction of sp³-hybridized carbons (Fsp3) is 0.333. The molecule has 0 bridgehead atoms. The van der Waals surface area contributed by atoms with E-state index in [0.29, 0.717) is 25.4 Å². The molecule has 0 amide bonds. The van der Waals surface area contributed by atoms with Crippen molar-refractivity contribution in [2.75, 3.05) is 18.4 Å². The highest BCUT2D eigenvalue weighted by Gasteiger charge is 2.23. The molecule has 26 heavy (non-hydrogen) atoms. The Bertz CT molecular complexity index is 888. The molecular weight excluding hydrogens is 362 g/mol. The van der Waals surface area contributed by atoms with Crippen molar-refractivity contribution in [3.8, 4) is 0 Å². The molecule has 1 aliphatic rings. The summed E-state index contributed by atoms with van der Waals surface area (Å²) in [6.45, 7) is 0.870. The summed E-state index contributed by atoms with van der Waals surface area (Å²) in [5.74, 6) is 0. The SMILES string of the molecule is COCc1cccc(S(=O)(=O)Nc2ccc3c(c2)CN(CC(F)F)C3)c1. The summed E-state index contributed by atoms with van der Waals surface area (Å²) in [4.78, 5) is 1.79. The van der Waals surface area contributed by atoms with Gasteiger partial charge in [0.1, 0.15) is 0 Å². The topological polar surface area (TPSA) is 58.6 Å². The van der Waals surface area contributed by atoms with Crippen LogP contribution in [0.25, 0.3) is 0 Å². The third-order valence-electron chi connectivity index (χ3n) is 4.16. The minimum absolute atomic E-state index is 0.145. The molecular formula is C18H20F2N2O3S. The number of hydrogen-bond acceptors (Lipinski definition) is 4. The maximum absolute atomic E-state index is 12.6. The first-order valence-electron chi connectivity index (χ1n) is 8.10. The van der Waals surface area contributed by atoms with Gasteiger partial charge in [-0.2, -0.15) is 0 Å². The molecule has 0 saturated carbocycles. The van der Waals surface area contributed by atoms with E-state index < -0.39 is 16.4 Å². The van der Waals surface area contributed by atoms with Gasteiger partial charge in [0, 0.05) is 25.9 Å². The summed E-state index contributed by atoms with van der Waals surface area (Å²) in [7, 11) is -2.20. The molecule has 1 aliphatic heterocycles. The lowest BCUT2D eigenvalue weighted by atomic mass is 10.1. The Kier molecular flexibility index (Phi) is 5.55. The first-order valence-corrected chi connectivity index (χ1v) is 9.59. The van der Waals surface area contributed by atoms with E-state index in [1.54, 1.807) is 48.4 Å². The number of nitrogens with zero attached hydrogens (tertiary/aromatic N) is 1. The molecule has 1 heterocycles. The second-order valence-corrected chi connectivity index (χ2v) is 7.91. The zero-order valence-corrected chi connectivity index (χ0v) is 15.1. The fourth-order valence-corrected chi connectivity index (χ4v) is 4.16. The molecule has 0 aliphatic carbocycles. The van der Waals surface area contributed by atoms with E-state index in [9.17, 15) is 17.2 Å². The van der Waals surface area contributed by atoms with Crippen LogP contribution in [0.3, 0.4) is 0 Å². The van der Waals surface area contributed by atoms with Gasteiger partial charge >= 0.3 is 0 Å². The average Bonchev–Trinajstić information content (AvgIpc) is 2.95. The summed E-state index contributed by atoms with van der Waals surface area (Å²) in [6, 6.07) is 11.7. The van der Waals surface area contributed by atoms with Crippen LogP contribution in [-0.4, -0.2) is 33.4 Å². The molecule has 1 N–H and O–H groups in total. The van der Waals surface area contributed by atoms with Crippen molar-refractivity contribution in [3.05, 3.63) is 59.2 Å². The van der Waals surface area contributed by atoms with Crippen LogP contribution in [-0.2, 0) is 34.5 Å². The van der Waals surface area contributed by atoms with Gasteiger partial charge < -0.3 is 4.74 Å². The van der Waals surface area contributed by atoms with Crippen LogP contribution < -0.4 is 4.72 Å². The van der Waals surface area contributed by atoms with Crippen molar-refractivity contribution in [3.63, 3.8) is 0 Å². The number of anilines is 1. The van der Waals surface area contributed by atoms with Crippen LogP contribution in [0.1, 0.15) is 16.7 Å². The summed E-state index contributed by atoms with van der Waals surface area (Å²) >= 11 is 0. The normalized spacial score (nSPS) is 14.6. The number of rotatable bonds is 7. The molecule has 0 saturated heterocycles. The van der Waals surface area contributed by atoms with Crippen LogP contribution in [0.5, 0.6) is 0 Å². The number of fused-ring (bicyclic) bond motifs is 1. The quantitative estimate of drug-likeness (QED) is 0.799. The predicted molar refractivity (Wildman–Crippen MR) is 94.5 cm³/mol. The van der Waals surface area contributed by atoms with Crippen LogP contribution in [0.2, 0.25) is 0 Å². The van der Waals surface area contributed by atoms with E-state index in [0.717, 1.165) is 16.7 Å². The number of sulfonamides is 1. The Morgan fingerprint density at radius 3 is 2.65 bits per heavy atom. The van der Waals surface area contributed by atoms with E-state index in [2.05, 4.69) is 4.72 Å². The van der Waals surface area contributed by atoms with Crippen LogP contribution in [0.4, 0.5) is 14.5 Å². The number of halogens is 2. The second kappa shape index (κ2) is 7.69. The molecule has 0 unspecified atom stereocenters. The van der Waals surface area contributed by atoms with Crippen molar-refractivity contribution >= 4 is 15.7 Å². The lowest BCUT2D eigenvalue weighted by Gasteiger charge is -2.13. The highest BCUT2D eigenvalue weighted by molar-refractivity contribution is 7.92. The van der Waals surface area contributed by atoms with Gasteiger partial charge in [-0.05, 0) is 41.0 Å². The van der Waals surface area contributed by atoms with Gasteiger partial charge in [-0.15, -0.1) is 0 Å². The lowest BCUT2D eigenvalue weighted by Crippen LogP contribution is -2.22. The highest BCUT2D eigenvalue weighted by atomic mass is 32.2. The van der Waals surface area contributed by atoms with E-state index in [4.69, 9.17) is 4.74 Å². The number of ether oxygens (including phenoxy) is 1. The standard InChI is InChI=1S/C18H20F2N2O3S/c1-25-12-13-3-2-4-17(7-13)26(23,24)21-16-6-5-14-9-22(11-18(19)20)10-15(14)8-16/h2-8,18,21H,9-12H2,1H3. The van der Waals surface area contributed by atoms with Gasteiger partial charge in [-0.25, -0.2) is 17.2 Å². The van der Waals surface area contributed by atoms with Gasteiger partial charge in [0.2, 0.25) is 0 Å². The summed E-state index contributed by atoms with van der Waals surface area (Å²) in [5.41, 5.74) is 2.97. The first-order chi connectivity index (χ1) is 12.4. The number of alkyl halides is 2. The third kappa shape index (κ3) is 4.38. The fourth-order valence-electron chi connectivity index (χ4n) is 3.04. The molecule has 0 fully saturated rings. The summed E-state index contributed by atoms with van der Waals surface area (Å²) in [6.07, 6.45) is -2.39. The molecule has 0 atom stereocenters. The van der Waals surface area contributed by atoms with E-state index in [-0.39, 0.29) is 11.4 Å². The molecule has 2 aromatic carbocycles. The van der Waals surface area contributed by atoms with Gasteiger partial charge in [0.05, 0.1) is 18.0 Å². The number of hydrogen-bond donors (Lipinski definition) is 1. The van der Waals surface area contributed by atoms with Crippen LogP contribution in [0.15, 0.2) is 47.4 Å². The van der Waals surface area contributed by atoms with Crippen molar-refractivity contribution in [2.24, 2.45) is 0 Å². The molecule has 8 heteroatoms. The zero-order valence-electron chi connectivity index (χ0n) is 14.3. The monoisotopic (exact) mass is 382 g/mol. The van der Waals surface area contributed by atoms with Crippen molar-refractivity contribution in [1.29, 1.82) is 0 Å². The van der Waals surface area contributed by atoms with E-state index in [1.807, 2.05) is 0 Å². The molecule has 0 spiro atoms. The Balaban J connectivity index is 1.76. The minimum atomic E-state index is -3.74. The van der Waals surface area contributed by atoms with Crippen molar-refractivity contribution in [1.82, 2.24) is 4.90 Å². The van der Waals surface area contributed by atoms with Gasteiger partial charge in [0.25, 0.3) is 16.4 Å². The molecule has 140 valence electrons. The summed E-state index contributed by atoms with van der Waals surface area (Å²) < 4.78 is 57.9. The first kappa shape index (κ1) is 18.8. The Morgan fingerprint density at radius 1 is 1.15 bits per heavy atom. The van der Waals surface area contributed by atoms with Gasteiger partial charge in [0.15, 0.2) is 0 Å². The molecule has 0 radical (unpaired) electrons. The third-order valence-corrected chi connectivity index (χ3v) is 5.54. The largest absolute Gasteiger partial charge is 0.380 e. The summed E-state index contributed by atoms with van der Waals surface area (Å²) in [5, 5.41) is 0. The molecule has 3 rings (SSSR count). The Labute approximate surface area is 151 Å². The maximum Gasteiger partial charge on any atom is 0.261 e. The van der Waals surface area contributed by atoms with E-state index >= 15 is 0 Å². The Morgan fingerprint density at radius 2 is 1.92 bits per heavy atom. The zero-order chi connectivity index (χ0) is 18.7. The van der Waals surface area contributed by atoms with Crippen LogP contribution >= 0.6 is 0 Å². The van der Waals surface area contributed by atoms with Crippen LogP contribution in [0, 0.1) is 0 Å². The smallest absolute Gasteiger partial charge is 0.261 e. The van der Waals surface area contributed by atoms with Gasteiger partial charge in [-0.3, -0.25) is 9.62 Å². The molecule has 5 nitrogen and oxygen atoms in total. The highest BCUT2D eigenvalue weighted by Crippen LogP contribution is 2.27. The Hall–Kier alpha value is -2.03. The van der Waals surface area contributed by atoms with E-state index in [1.165, 1.54) is 6.07 Å². The number of benzene rings is 2. The van der Waals surface area contributed by atoms with Crippen molar-refractivity contribution in [2.45, 2.75) is 31.0 Å². The maximum atomic E-state index is 12.6.